The fourth-order valence-corrected chi connectivity index (χ4v) is 3.80. The fraction of sp³-hybridized carbons (Fsp3) is 0.524. The zero-order valence-corrected chi connectivity index (χ0v) is 15.5. The zero-order chi connectivity index (χ0) is 18.0. The molecule has 0 bridgehead atoms. The van der Waals surface area contributed by atoms with Gasteiger partial charge in [0.1, 0.15) is 6.54 Å². The molecule has 1 heterocycles. The van der Waals surface area contributed by atoms with Crippen molar-refractivity contribution in [3.05, 3.63) is 41.0 Å². The molecule has 0 unspecified atom stereocenters. The Labute approximate surface area is 150 Å². The van der Waals surface area contributed by atoms with E-state index in [1.54, 1.807) is 4.90 Å². The van der Waals surface area contributed by atoms with Gasteiger partial charge in [-0.05, 0) is 64.5 Å². The van der Waals surface area contributed by atoms with Crippen LogP contribution in [0.3, 0.4) is 0 Å². The highest BCUT2D eigenvalue weighted by Crippen LogP contribution is 2.41. The number of rotatable bonds is 5. The third-order valence-corrected chi connectivity index (χ3v) is 5.35. The second-order valence-corrected chi connectivity index (χ2v) is 7.75. The SMILES string of the molecule is Cc1ccc2c(c1)C(C)(C)C(=O)N2CC(=O)NCCC1=CCCCC1. The Morgan fingerprint density at radius 2 is 2.08 bits per heavy atom. The summed E-state index contributed by atoms with van der Waals surface area (Å²) in [7, 11) is 0. The van der Waals surface area contributed by atoms with Crippen molar-refractivity contribution in [3.8, 4) is 0 Å². The first-order valence-electron chi connectivity index (χ1n) is 9.27. The number of carbonyl (C=O) groups is 2. The maximum absolute atomic E-state index is 12.8. The zero-order valence-electron chi connectivity index (χ0n) is 15.5. The van der Waals surface area contributed by atoms with E-state index in [1.807, 2.05) is 32.9 Å². The van der Waals surface area contributed by atoms with Gasteiger partial charge in [0, 0.05) is 12.2 Å². The Bertz CT molecular complexity index is 719. The molecule has 134 valence electrons. The quantitative estimate of drug-likeness (QED) is 0.832. The first kappa shape index (κ1) is 17.7. The number of aryl methyl sites for hydroxylation is 1. The number of anilines is 1. The van der Waals surface area contributed by atoms with Gasteiger partial charge in [-0.1, -0.05) is 29.3 Å². The van der Waals surface area contributed by atoms with Crippen molar-refractivity contribution in [3.63, 3.8) is 0 Å². The standard InChI is InChI=1S/C21H28N2O2/c1-15-9-10-18-17(13-15)21(2,3)20(25)23(18)14-19(24)22-12-11-16-7-5-4-6-8-16/h7,9-10,13H,4-6,8,11-12,14H2,1-3H3,(H,22,24). The summed E-state index contributed by atoms with van der Waals surface area (Å²) in [6.45, 7) is 6.63. The van der Waals surface area contributed by atoms with Crippen molar-refractivity contribution in [2.75, 3.05) is 18.0 Å². The molecule has 0 saturated heterocycles. The smallest absolute Gasteiger partial charge is 0.240 e. The fourth-order valence-electron chi connectivity index (χ4n) is 3.80. The number of fused-ring (bicyclic) bond motifs is 1. The van der Waals surface area contributed by atoms with Crippen LogP contribution in [-0.2, 0) is 15.0 Å². The van der Waals surface area contributed by atoms with Gasteiger partial charge in [0.15, 0.2) is 0 Å². The Balaban J connectivity index is 1.62. The molecule has 1 aliphatic carbocycles. The van der Waals surface area contributed by atoms with Crippen LogP contribution in [0.15, 0.2) is 29.8 Å². The molecule has 3 rings (SSSR count). The van der Waals surface area contributed by atoms with Crippen molar-refractivity contribution in [1.82, 2.24) is 5.32 Å². The Morgan fingerprint density at radius 1 is 1.28 bits per heavy atom. The molecular weight excluding hydrogens is 312 g/mol. The Kier molecular flexibility index (Phi) is 4.98. The van der Waals surface area contributed by atoms with Crippen LogP contribution in [0.1, 0.15) is 57.1 Å². The number of hydrogen-bond acceptors (Lipinski definition) is 2. The molecule has 1 N–H and O–H groups in total. The molecule has 4 nitrogen and oxygen atoms in total. The van der Waals surface area contributed by atoms with Gasteiger partial charge in [-0.2, -0.15) is 0 Å². The normalized spacial score (nSPS) is 18.8. The summed E-state index contributed by atoms with van der Waals surface area (Å²) < 4.78 is 0. The predicted molar refractivity (Wildman–Crippen MR) is 101 cm³/mol. The van der Waals surface area contributed by atoms with Gasteiger partial charge in [0.25, 0.3) is 0 Å². The van der Waals surface area contributed by atoms with Gasteiger partial charge in [-0.25, -0.2) is 0 Å². The van der Waals surface area contributed by atoms with E-state index in [-0.39, 0.29) is 18.4 Å². The van der Waals surface area contributed by atoms with Gasteiger partial charge >= 0.3 is 0 Å². The largest absolute Gasteiger partial charge is 0.354 e. The van der Waals surface area contributed by atoms with Gasteiger partial charge in [0.2, 0.25) is 11.8 Å². The van der Waals surface area contributed by atoms with E-state index in [0.29, 0.717) is 6.54 Å². The molecule has 1 aromatic carbocycles. The summed E-state index contributed by atoms with van der Waals surface area (Å²) in [5.74, 6) is -0.0905. The van der Waals surface area contributed by atoms with Crippen LogP contribution in [0.4, 0.5) is 5.69 Å². The molecule has 0 fully saturated rings. The van der Waals surface area contributed by atoms with E-state index in [0.717, 1.165) is 36.1 Å². The lowest BCUT2D eigenvalue weighted by Crippen LogP contribution is -2.43. The summed E-state index contributed by atoms with van der Waals surface area (Å²) in [5, 5.41) is 2.97. The molecule has 25 heavy (non-hydrogen) atoms. The molecule has 0 radical (unpaired) electrons. The summed E-state index contributed by atoms with van der Waals surface area (Å²) in [6, 6.07) is 6.01. The molecular formula is C21H28N2O2. The predicted octanol–water partition coefficient (Wildman–Crippen LogP) is 3.63. The third kappa shape index (κ3) is 3.63. The topological polar surface area (TPSA) is 49.4 Å². The molecule has 2 amide bonds. The minimum absolute atomic E-state index is 0.00163. The average Bonchev–Trinajstić information content (AvgIpc) is 2.77. The lowest BCUT2D eigenvalue weighted by molar-refractivity contribution is -0.125. The number of amides is 2. The van der Waals surface area contributed by atoms with Crippen LogP contribution < -0.4 is 10.2 Å². The van der Waals surface area contributed by atoms with Crippen LogP contribution in [0.2, 0.25) is 0 Å². The second-order valence-electron chi connectivity index (χ2n) is 7.75. The van der Waals surface area contributed by atoms with Crippen LogP contribution in [0.5, 0.6) is 0 Å². The van der Waals surface area contributed by atoms with Crippen molar-refractivity contribution in [2.45, 2.75) is 58.3 Å². The van der Waals surface area contributed by atoms with E-state index in [9.17, 15) is 9.59 Å². The van der Waals surface area contributed by atoms with E-state index in [1.165, 1.54) is 18.4 Å². The van der Waals surface area contributed by atoms with Crippen molar-refractivity contribution < 1.29 is 9.59 Å². The van der Waals surface area contributed by atoms with E-state index in [4.69, 9.17) is 0 Å². The number of carbonyl (C=O) groups excluding carboxylic acids is 2. The van der Waals surface area contributed by atoms with E-state index >= 15 is 0 Å². The molecule has 2 aliphatic rings. The molecule has 0 spiro atoms. The first-order chi connectivity index (χ1) is 11.9. The number of allylic oxidation sites excluding steroid dienone is 1. The highest BCUT2D eigenvalue weighted by molar-refractivity contribution is 6.10. The van der Waals surface area contributed by atoms with Crippen molar-refractivity contribution in [2.24, 2.45) is 0 Å². The van der Waals surface area contributed by atoms with Crippen molar-refractivity contribution in [1.29, 1.82) is 0 Å². The second kappa shape index (κ2) is 7.03. The molecule has 0 atom stereocenters. The summed E-state index contributed by atoms with van der Waals surface area (Å²) in [5.41, 5.74) is 3.88. The number of hydrogen-bond donors (Lipinski definition) is 1. The van der Waals surface area contributed by atoms with Crippen LogP contribution >= 0.6 is 0 Å². The van der Waals surface area contributed by atoms with Gasteiger partial charge < -0.3 is 10.2 Å². The molecule has 1 aromatic rings. The summed E-state index contributed by atoms with van der Waals surface area (Å²) in [6.07, 6.45) is 8.08. The molecule has 0 saturated carbocycles. The molecule has 1 aliphatic heterocycles. The van der Waals surface area contributed by atoms with Crippen LogP contribution in [0, 0.1) is 6.92 Å². The maximum atomic E-state index is 12.8. The Morgan fingerprint density at radius 3 is 2.80 bits per heavy atom. The monoisotopic (exact) mass is 340 g/mol. The van der Waals surface area contributed by atoms with Crippen LogP contribution in [-0.4, -0.2) is 24.9 Å². The maximum Gasteiger partial charge on any atom is 0.240 e. The minimum Gasteiger partial charge on any atom is -0.354 e. The van der Waals surface area contributed by atoms with E-state index in [2.05, 4.69) is 17.5 Å². The van der Waals surface area contributed by atoms with E-state index < -0.39 is 5.41 Å². The molecule has 4 heteroatoms. The minimum atomic E-state index is -0.575. The molecule has 0 aromatic heterocycles. The highest BCUT2D eigenvalue weighted by Gasteiger charge is 2.44. The number of nitrogens with one attached hydrogen (secondary N) is 1. The summed E-state index contributed by atoms with van der Waals surface area (Å²) in [4.78, 5) is 26.8. The number of benzene rings is 1. The van der Waals surface area contributed by atoms with Gasteiger partial charge in [-0.15, -0.1) is 0 Å². The Hall–Kier alpha value is -2.10. The van der Waals surface area contributed by atoms with Crippen molar-refractivity contribution >= 4 is 17.5 Å². The van der Waals surface area contributed by atoms with Gasteiger partial charge in [0.05, 0.1) is 5.41 Å². The highest BCUT2D eigenvalue weighted by atomic mass is 16.2. The lowest BCUT2D eigenvalue weighted by Gasteiger charge is -2.20. The summed E-state index contributed by atoms with van der Waals surface area (Å²) >= 11 is 0. The average molecular weight is 340 g/mol. The van der Waals surface area contributed by atoms with Crippen LogP contribution in [0.25, 0.3) is 0 Å². The lowest BCUT2D eigenvalue weighted by atomic mass is 9.85. The first-order valence-corrected chi connectivity index (χ1v) is 9.27. The van der Waals surface area contributed by atoms with Gasteiger partial charge in [-0.3, -0.25) is 9.59 Å². The third-order valence-electron chi connectivity index (χ3n) is 5.35. The number of nitrogens with zero attached hydrogens (tertiary/aromatic N) is 1.